The van der Waals surface area contributed by atoms with Crippen molar-refractivity contribution in [3.8, 4) is 0 Å². The highest BCUT2D eigenvalue weighted by Crippen LogP contribution is 2.29. The van der Waals surface area contributed by atoms with E-state index in [-0.39, 0.29) is 24.2 Å². The van der Waals surface area contributed by atoms with Gasteiger partial charge in [-0.05, 0) is 12.5 Å². The largest absolute Gasteiger partial charge is 0.447 e. The first-order chi connectivity index (χ1) is 11.6. The molecule has 1 saturated heterocycles. The van der Waals surface area contributed by atoms with E-state index < -0.39 is 0 Å². The van der Waals surface area contributed by atoms with Crippen molar-refractivity contribution in [1.29, 1.82) is 0 Å². The van der Waals surface area contributed by atoms with Crippen molar-refractivity contribution in [3.05, 3.63) is 69.1 Å². The SMILES string of the molecule is Cc1cn2c(=O)cc(CN3C(=O)OC[C@@H]3c3ccccc3)nc2s1. The van der Waals surface area contributed by atoms with Gasteiger partial charge in [0.2, 0.25) is 0 Å². The highest BCUT2D eigenvalue weighted by Gasteiger charge is 2.34. The average molecular weight is 341 g/mol. The lowest BCUT2D eigenvalue weighted by atomic mass is 10.1. The lowest BCUT2D eigenvalue weighted by Gasteiger charge is -2.21. The summed E-state index contributed by atoms with van der Waals surface area (Å²) in [5.41, 5.74) is 1.44. The molecule has 7 heteroatoms. The highest BCUT2D eigenvalue weighted by atomic mass is 32.1. The molecule has 2 aromatic heterocycles. The highest BCUT2D eigenvalue weighted by molar-refractivity contribution is 7.16. The summed E-state index contributed by atoms with van der Waals surface area (Å²) in [5, 5.41) is 0. The molecule has 1 aliphatic heterocycles. The number of fused-ring (bicyclic) bond motifs is 1. The standard InChI is InChI=1S/C17H15N3O3S/c1-11-8-20-15(21)7-13(18-16(20)24-11)9-19-14(10-23-17(19)22)12-5-3-2-4-6-12/h2-8,14H,9-10H2,1H3/t14-/m1/s1. The maximum Gasteiger partial charge on any atom is 0.410 e. The second-order valence-electron chi connectivity index (χ2n) is 5.71. The Labute approximate surface area is 141 Å². The quantitative estimate of drug-likeness (QED) is 0.735. The molecule has 1 amide bonds. The number of thiazole rings is 1. The maximum atomic E-state index is 12.2. The minimum absolute atomic E-state index is 0.136. The van der Waals surface area contributed by atoms with Gasteiger partial charge in [0.1, 0.15) is 6.61 Å². The summed E-state index contributed by atoms with van der Waals surface area (Å²) < 4.78 is 6.73. The first kappa shape index (κ1) is 14.9. The van der Waals surface area contributed by atoms with Gasteiger partial charge in [-0.25, -0.2) is 9.78 Å². The lowest BCUT2D eigenvalue weighted by Crippen LogP contribution is -2.28. The number of carbonyl (C=O) groups is 1. The molecule has 3 heterocycles. The third kappa shape index (κ3) is 2.56. The molecule has 0 radical (unpaired) electrons. The van der Waals surface area contributed by atoms with Crippen LogP contribution >= 0.6 is 11.3 Å². The maximum absolute atomic E-state index is 12.2. The molecular formula is C17H15N3O3S. The van der Waals surface area contributed by atoms with E-state index in [2.05, 4.69) is 4.98 Å². The van der Waals surface area contributed by atoms with E-state index in [1.807, 2.05) is 37.3 Å². The van der Waals surface area contributed by atoms with Gasteiger partial charge in [-0.2, -0.15) is 0 Å². The van der Waals surface area contributed by atoms with E-state index in [0.29, 0.717) is 17.3 Å². The smallest absolute Gasteiger partial charge is 0.410 e. The van der Waals surface area contributed by atoms with Crippen molar-refractivity contribution < 1.29 is 9.53 Å². The van der Waals surface area contributed by atoms with Gasteiger partial charge >= 0.3 is 6.09 Å². The van der Waals surface area contributed by atoms with Crippen molar-refractivity contribution >= 4 is 22.4 Å². The zero-order valence-corrected chi connectivity index (χ0v) is 13.8. The molecule has 0 unspecified atom stereocenters. The van der Waals surface area contributed by atoms with Crippen LogP contribution in [0.15, 0.2) is 47.4 Å². The van der Waals surface area contributed by atoms with Gasteiger partial charge in [0.05, 0.1) is 18.3 Å². The van der Waals surface area contributed by atoms with Crippen LogP contribution in [0.25, 0.3) is 4.96 Å². The molecular weight excluding hydrogens is 326 g/mol. The van der Waals surface area contributed by atoms with Crippen LogP contribution in [-0.2, 0) is 11.3 Å². The van der Waals surface area contributed by atoms with Crippen LogP contribution in [0.2, 0.25) is 0 Å². The lowest BCUT2D eigenvalue weighted by molar-refractivity contribution is 0.156. The molecule has 3 aromatic rings. The number of ether oxygens (including phenoxy) is 1. The number of amides is 1. The van der Waals surface area contributed by atoms with Crippen molar-refractivity contribution in [2.75, 3.05) is 6.61 Å². The number of rotatable bonds is 3. The van der Waals surface area contributed by atoms with Crippen LogP contribution in [0.3, 0.4) is 0 Å². The normalized spacial score (nSPS) is 17.5. The zero-order chi connectivity index (χ0) is 16.7. The van der Waals surface area contributed by atoms with Gasteiger partial charge in [0.15, 0.2) is 4.96 Å². The third-order valence-corrected chi connectivity index (χ3v) is 4.93. The van der Waals surface area contributed by atoms with Crippen LogP contribution in [0.5, 0.6) is 0 Å². The molecule has 1 aliphatic rings. The minimum Gasteiger partial charge on any atom is -0.447 e. The zero-order valence-electron chi connectivity index (χ0n) is 13.0. The molecule has 1 aromatic carbocycles. The van der Waals surface area contributed by atoms with E-state index in [9.17, 15) is 9.59 Å². The molecule has 1 atom stereocenters. The Hall–Kier alpha value is -2.67. The Bertz CT molecular complexity index is 964. The number of hydrogen-bond acceptors (Lipinski definition) is 5. The van der Waals surface area contributed by atoms with Crippen LogP contribution in [0.1, 0.15) is 22.2 Å². The summed E-state index contributed by atoms with van der Waals surface area (Å²) in [6.45, 7) is 2.49. The molecule has 0 spiro atoms. The Balaban J connectivity index is 1.68. The number of aryl methyl sites for hydroxylation is 1. The number of cyclic esters (lactones) is 1. The summed E-state index contributed by atoms with van der Waals surface area (Å²) in [7, 11) is 0. The third-order valence-electron chi connectivity index (χ3n) is 4.03. The summed E-state index contributed by atoms with van der Waals surface area (Å²) in [6.07, 6.45) is 1.39. The summed E-state index contributed by atoms with van der Waals surface area (Å²) >= 11 is 1.45. The number of aromatic nitrogens is 2. The van der Waals surface area contributed by atoms with Crippen LogP contribution in [-0.4, -0.2) is 27.0 Å². The Morgan fingerprint density at radius 1 is 1.29 bits per heavy atom. The number of carbonyl (C=O) groups excluding carboxylic acids is 1. The fourth-order valence-corrected chi connectivity index (χ4v) is 3.74. The van der Waals surface area contributed by atoms with Crippen LogP contribution in [0, 0.1) is 6.92 Å². The first-order valence-electron chi connectivity index (χ1n) is 7.59. The Morgan fingerprint density at radius 3 is 2.88 bits per heavy atom. The number of nitrogens with zero attached hydrogens (tertiary/aromatic N) is 3. The van der Waals surface area contributed by atoms with Gasteiger partial charge in [-0.3, -0.25) is 14.1 Å². The van der Waals surface area contributed by atoms with E-state index >= 15 is 0 Å². The van der Waals surface area contributed by atoms with E-state index in [4.69, 9.17) is 4.74 Å². The van der Waals surface area contributed by atoms with Gasteiger partial charge < -0.3 is 4.74 Å². The van der Waals surface area contributed by atoms with E-state index in [1.54, 1.807) is 11.1 Å². The van der Waals surface area contributed by atoms with Crippen LogP contribution in [0.4, 0.5) is 4.79 Å². The van der Waals surface area contributed by atoms with Gasteiger partial charge in [0, 0.05) is 17.1 Å². The summed E-state index contributed by atoms with van der Waals surface area (Å²) in [6, 6.07) is 11.0. The predicted octanol–water partition coefficient (Wildman–Crippen LogP) is 2.76. The predicted molar refractivity (Wildman–Crippen MR) is 90.2 cm³/mol. The van der Waals surface area contributed by atoms with Gasteiger partial charge in [-0.15, -0.1) is 11.3 Å². The fraction of sp³-hybridized carbons (Fsp3) is 0.235. The van der Waals surface area contributed by atoms with Gasteiger partial charge in [-0.1, -0.05) is 30.3 Å². The second kappa shape index (κ2) is 5.76. The van der Waals surface area contributed by atoms with Crippen molar-refractivity contribution in [3.63, 3.8) is 0 Å². The second-order valence-corrected chi connectivity index (χ2v) is 6.92. The molecule has 4 rings (SSSR count). The molecule has 0 N–H and O–H groups in total. The molecule has 6 nitrogen and oxygen atoms in total. The molecule has 0 saturated carbocycles. The van der Waals surface area contributed by atoms with Crippen molar-refractivity contribution in [2.45, 2.75) is 19.5 Å². The first-order valence-corrected chi connectivity index (χ1v) is 8.40. The summed E-state index contributed by atoms with van der Waals surface area (Å²) in [5.74, 6) is 0. The molecule has 0 aliphatic carbocycles. The number of benzene rings is 1. The monoisotopic (exact) mass is 341 g/mol. The van der Waals surface area contributed by atoms with Crippen LogP contribution < -0.4 is 5.56 Å². The van der Waals surface area contributed by atoms with E-state index in [1.165, 1.54) is 21.8 Å². The fourth-order valence-electron chi connectivity index (χ4n) is 2.89. The molecule has 1 fully saturated rings. The minimum atomic E-state index is -0.381. The summed E-state index contributed by atoms with van der Waals surface area (Å²) in [4.78, 5) is 32.1. The van der Waals surface area contributed by atoms with Crippen molar-refractivity contribution in [1.82, 2.24) is 14.3 Å². The topological polar surface area (TPSA) is 63.9 Å². The average Bonchev–Trinajstić information content (AvgIpc) is 3.12. The molecule has 0 bridgehead atoms. The number of hydrogen-bond donors (Lipinski definition) is 0. The molecule has 24 heavy (non-hydrogen) atoms. The molecule has 122 valence electrons. The van der Waals surface area contributed by atoms with E-state index in [0.717, 1.165) is 10.4 Å². The van der Waals surface area contributed by atoms with Crippen molar-refractivity contribution in [2.24, 2.45) is 0 Å². The van der Waals surface area contributed by atoms with Gasteiger partial charge in [0.25, 0.3) is 5.56 Å². The Kier molecular flexibility index (Phi) is 3.57. The Morgan fingerprint density at radius 2 is 2.08 bits per heavy atom.